The Morgan fingerprint density at radius 3 is 2.00 bits per heavy atom. The third kappa shape index (κ3) is 2.02. The van der Waals surface area contributed by atoms with Gasteiger partial charge in [0.15, 0.2) is 0 Å². The first-order valence-corrected chi connectivity index (χ1v) is 5.22. The summed E-state index contributed by atoms with van der Waals surface area (Å²) in [5, 5.41) is 0.821. The van der Waals surface area contributed by atoms with E-state index in [4.69, 9.17) is 11.6 Å². The normalized spacial score (nSPS) is 13.1. The van der Waals surface area contributed by atoms with Crippen LogP contribution in [0.15, 0.2) is 12.1 Å². The highest BCUT2D eigenvalue weighted by Crippen LogP contribution is 2.30. The lowest BCUT2D eigenvalue weighted by atomic mass is 10.0. The minimum absolute atomic E-state index is 0.398. The standard InChI is InChI=1S/C10H12BrCl/c1-6-4-9(12)5-7(2)10(6)8(3)11/h4-5,8H,1-3H3. The Balaban J connectivity index is 3.28. The first-order chi connectivity index (χ1) is 5.52. The smallest absolute Gasteiger partial charge is 0.0411 e. The predicted molar refractivity (Wildman–Crippen MR) is 58.3 cm³/mol. The van der Waals surface area contributed by atoms with Crippen molar-refractivity contribution in [2.45, 2.75) is 25.6 Å². The predicted octanol–water partition coefficient (Wildman–Crippen LogP) is 4.41. The minimum Gasteiger partial charge on any atom is -0.0843 e. The summed E-state index contributed by atoms with van der Waals surface area (Å²) in [4.78, 5) is 0.398. The van der Waals surface area contributed by atoms with Crippen LogP contribution < -0.4 is 0 Å². The molecule has 0 heterocycles. The van der Waals surface area contributed by atoms with E-state index in [1.807, 2.05) is 12.1 Å². The highest BCUT2D eigenvalue weighted by Gasteiger charge is 2.08. The topological polar surface area (TPSA) is 0 Å². The van der Waals surface area contributed by atoms with Crippen molar-refractivity contribution in [3.05, 3.63) is 33.8 Å². The molecule has 0 nitrogen and oxygen atoms in total. The first kappa shape index (κ1) is 10.1. The van der Waals surface area contributed by atoms with E-state index < -0.39 is 0 Å². The van der Waals surface area contributed by atoms with Crippen LogP contribution in [0.3, 0.4) is 0 Å². The van der Waals surface area contributed by atoms with Gasteiger partial charge in [-0.05, 0) is 49.6 Å². The molecule has 2 heteroatoms. The Morgan fingerprint density at radius 1 is 1.25 bits per heavy atom. The molecule has 1 aromatic rings. The van der Waals surface area contributed by atoms with Crippen LogP contribution in [0.1, 0.15) is 28.4 Å². The summed E-state index contributed by atoms with van der Waals surface area (Å²) in [6.07, 6.45) is 0. The summed E-state index contributed by atoms with van der Waals surface area (Å²) in [5.41, 5.74) is 3.85. The fourth-order valence-electron chi connectivity index (χ4n) is 1.55. The van der Waals surface area contributed by atoms with E-state index in [1.54, 1.807) is 0 Å². The Kier molecular flexibility index (Phi) is 3.19. The zero-order valence-corrected chi connectivity index (χ0v) is 9.83. The molecule has 0 N–H and O–H groups in total. The van der Waals surface area contributed by atoms with E-state index in [0.29, 0.717) is 4.83 Å². The second kappa shape index (κ2) is 3.80. The molecule has 0 aliphatic rings. The number of aryl methyl sites for hydroxylation is 2. The van der Waals surface area contributed by atoms with Crippen LogP contribution in [0.4, 0.5) is 0 Å². The molecule has 0 saturated heterocycles. The molecule has 1 rings (SSSR count). The van der Waals surface area contributed by atoms with Crippen LogP contribution in [0, 0.1) is 13.8 Å². The molecule has 0 amide bonds. The van der Waals surface area contributed by atoms with Crippen molar-refractivity contribution in [2.24, 2.45) is 0 Å². The van der Waals surface area contributed by atoms with Gasteiger partial charge in [0.1, 0.15) is 0 Å². The van der Waals surface area contributed by atoms with Crippen LogP contribution >= 0.6 is 27.5 Å². The highest BCUT2D eigenvalue weighted by atomic mass is 79.9. The van der Waals surface area contributed by atoms with Crippen molar-refractivity contribution < 1.29 is 0 Å². The average Bonchev–Trinajstić information content (AvgIpc) is 1.82. The van der Waals surface area contributed by atoms with E-state index in [2.05, 4.69) is 36.7 Å². The van der Waals surface area contributed by atoms with E-state index >= 15 is 0 Å². The molecule has 12 heavy (non-hydrogen) atoms. The Bertz CT molecular complexity index is 269. The second-order valence-electron chi connectivity index (χ2n) is 3.07. The molecule has 0 bridgehead atoms. The maximum atomic E-state index is 5.91. The molecule has 1 unspecified atom stereocenters. The van der Waals surface area contributed by atoms with Gasteiger partial charge in [-0.25, -0.2) is 0 Å². The number of alkyl halides is 1. The van der Waals surface area contributed by atoms with Crippen molar-refractivity contribution in [1.82, 2.24) is 0 Å². The van der Waals surface area contributed by atoms with Crippen molar-refractivity contribution >= 4 is 27.5 Å². The fourth-order valence-corrected chi connectivity index (χ4v) is 2.60. The fraction of sp³-hybridized carbons (Fsp3) is 0.400. The van der Waals surface area contributed by atoms with Gasteiger partial charge in [0.25, 0.3) is 0 Å². The number of benzene rings is 1. The maximum Gasteiger partial charge on any atom is 0.0411 e. The summed E-state index contributed by atoms with van der Waals surface area (Å²) in [6.45, 7) is 6.31. The lowest BCUT2D eigenvalue weighted by molar-refractivity contribution is 1.07. The van der Waals surface area contributed by atoms with E-state index in [9.17, 15) is 0 Å². The molecule has 0 radical (unpaired) electrons. The van der Waals surface area contributed by atoms with Crippen LogP contribution in [-0.4, -0.2) is 0 Å². The number of hydrogen-bond donors (Lipinski definition) is 0. The summed E-state index contributed by atoms with van der Waals surface area (Å²) in [5.74, 6) is 0. The molecule has 0 spiro atoms. The number of hydrogen-bond acceptors (Lipinski definition) is 0. The van der Waals surface area contributed by atoms with Crippen LogP contribution in [0.2, 0.25) is 5.02 Å². The van der Waals surface area contributed by atoms with Crippen molar-refractivity contribution in [3.8, 4) is 0 Å². The quantitative estimate of drug-likeness (QED) is 0.645. The summed E-state index contributed by atoms with van der Waals surface area (Å²) in [6, 6.07) is 4.00. The molecular formula is C10H12BrCl. The third-order valence-corrected chi connectivity index (χ3v) is 2.63. The van der Waals surface area contributed by atoms with Gasteiger partial charge < -0.3 is 0 Å². The summed E-state index contributed by atoms with van der Waals surface area (Å²) in [7, 11) is 0. The molecule has 0 saturated carbocycles. The molecule has 66 valence electrons. The Hall–Kier alpha value is -0.0100. The molecule has 0 fully saturated rings. The Labute approximate surface area is 87.1 Å². The number of rotatable bonds is 1. The van der Waals surface area contributed by atoms with Crippen LogP contribution in [0.25, 0.3) is 0 Å². The zero-order valence-electron chi connectivity index (χ0n) is 7.49. The summed E-state index contributed by atoms with van der Waals surface area (Å²) >= 11 is 9.48. The highest BCUT2D eigenvalue weighted by molar-refractivity contribution is 9.09. The van der Waals surface area contributed by atoms with Crippen LogP contribution in [0.5, 0.6) is 0 Å². The zero-order chi connectivity index (χ0) is 9.30. The van der Waals surface area contributed by atoms with Gasteiger partial charge in [-0.1, -0.05) is 27.5 Å². The molecule has 0 aliphatic carbocycles. The SMILES string of the molecule is Cc1cc(Cl)cc(C)c1C(C)Br. The molecular weight excluding hydrogens is 235 g/mol. The van der Waals surface area contributed by atoms with Gasteiger partial charge >= 0.3 is 0 Å². The monoisotopic (exact) mass is 246 g/mol. The van der Waals surface area contributed by atoms with Crippen molar-refractivity contribution in [1.29, 1.82) is 0 Å². The van der Waals surface area contributed by atoms with Crippen LogP contribution in [-0.2, 0) is 0 Å². The van der Waals surface area contributed by atoms with Crippen molar-refractivity contribution in [2.75, 3.05) is 0 Å². The second-order valence-corrected chi connectivity index (χ2v) is 4.88. The summed E-state index contributed by atoms with van der Waals surface area (Å²) < 4.78 is 0. The molecule has 0 aliphatic heterocycles. The van der Waals surface area contributed by atoms with E-state index in [0.717, 1.165) is 5.02 Å². The molecule has 0 aromatic heterocycles. The Morgan fingerprint density at radius 2 is 1.67 bits per heavy atom. The first-order valence-electron chi connectivity index (χ1n) is 3.93. The van der Waals surface area contributed by atoms with Crippen molar-refractivity contribution in [3.63, 3.8) is 0 Å². The minimum atomic E-state index is 0.398. The lowest BCUT2D eigenvalue weighted by Crippen LogP contribution is -1.93. The van der Waals surface area contributed by atoms with Gasteiger partial charge in [0.2, 0.25) is 0 Å². The van der Waals surface area contributed by atoms with E-state index in [1.165, 1.54) is 16.7 Å². The van der Waals surface area contributed by atoms with Gasteiger partial charge in [-0.15, -0.1) is 0 Å². The van der Waals surface area contributed by atoms with Gasteiger partial charge in [-0.2, -0.15) is 0 Å². The molecule has 1 atom stereocenters. The number of halogens is 2. The maximum absolute atomic E-state index is 5.91. The average molecular weight is 248 g/mol. The largest absolute Gasteiger partial charge is 0.0843 e. The van der Waals surface area contributed by atoms with E-state index in [-0.39, 0.29) is 0 Å². The van der Waals surface area contributed by atoms with Gasteiger partial charge in [0, 0.05) is 9.85 Å². The molecule has 1 aromatic carbocycles. The van der Waals surface area contributed by atoms with Gasteiger partial charge in [0.05, 0.1) is 0 Å². The third-order valence-electron chi connectivity index (χ3n) is 1.96. The lowest BCUT2D eigenvalue weighted by Gasteiger charge is -2.12. The van der Waals surface area contributed by atoms with Gasteiger partial charge in [-0.3, -0.25) is 0 Å².